The maximum atomic E-state index is 12.6. The van der Waals surface area contributed by atoms with Crippen molar-refractivity contribution < 1.29 is 9.59 Å². The summed E-state index contributed by atoms with van der Waals surface area (Å²) in [5.41, 5.74) is 3.13. The van der Waals surface area contributed by atoms with Crippen LogP contribution in [-0.2, 0) is 11.3 Å². The highest BCUT2D eigenvalue weighted by Crippen LogP contribution is 2.18. The zero-order valence-electron chi connectivity index (χ0n) is 15.5. The minimum absolute atomic E-state index is 0.186. The van der Waals surface area contributed by atoms with Gasteiger partial charge >= 0.3 is 0 Å². The number of rotatable bonds is 7. The van der Waals surface area contributed by atoms with Crippen molar-refractivity contribution in [3.8, 4) is 0 Å². The Hall–Kier alpha value is -3.12. The number of hydrogen-bond donors (Lipinski definition) is 2. The van der Waals surface area contributed by atoms with Gasteiger partial charge in [-0.25, -0.2) is 4.98 Å². The van der Waals surface area contributed by atoms with E-state index in [1.807, 2.05) is 49.4 Å². The molecule has 0 radical (unpaired) electrons. The number of thioether (sulfide) groups is 1. The summed E-state index contributed by atoms with van der Waals surface area (Å²) in [6, 6.07) is 20.5. The maximum absolute atomic E-state index is 12.6. The zero-order valence-corrected chi connectivity index (χ0v) is 16.3. The Balaban J connectivity index is 1.59. The fourth-order valence-corrected chi connectivity index (χ4v) is 3.19. The lowest BCUT2D eigenvalue weighted by Crippen LogP contribution is -2.25. The van der Waals surface area contributed by atoms with Crippen LogP contribution in [0.5, 0.6) is 0 Å². The van der Waals surface area contributed by atoms with E-state index in [1.165, 1.54) is 17.3 Å². The highest BCUT2D eigenvalue weighted by atomic mass is 32.2. The molecule has 6 heteroatoms. The van der Waals surface area contributed by atoms with E-state index in [0.29, 0.717) is 17.8 Å². The van der Waals surface area contributed by atoms with Crippen LogP contribution in [0.15, 0.2) is 78.0 Å². The molecule has 28 heavy (non-hydrogen) atoms. The summed E-state index contributed by atoms with van der Waals surface area (Å²) in [5.74, 6) is -0.195. The number of nitrogens with zero attached hydrogens (tertiary/aromatic N) is 1. The second-order valence-corrected chi connectivity index (χ2v) is 7.21. The van der Waals surface area contributed by atoms with E-state index in [1.54, 1.807) is 30.5 Å². The lowest BCUT2D eigenvalue weighted by molar-refractivity contribution is -0.113. The average molecular weight is 391 g/mol. The normalized spacial score (nSPS) is 10.3. The number of anilines is 1. The predicted octanol–water partition coefficient (Wildman–Crippen LogP) is 4.05. The first-order valence-corrected chi connectivity index (χ1v) is 9.87. The van der Waals surface area contributed by atoms with Crippen molar-refractivity contribution in [1.29, 1.82) is 0 Å². The highest BCUT2D eigenvalue weighted by molar-refractivity contribution is 7.99. The molecule has 0 aliphatic carbocycles. The van der Waals surface area contributed by atoms with Crippen molar-refractivity contribution in [1.82, 2.24) is 10.3 Å². The summed E-state index contributed by atoms with van der Waals surface area (Å²) in [7, 11) is 0. The average Bonchev–Trinajstić information content (AvgIpc) is 2.73. The van der Waals surface area contributed by atoms with Crippen LogP contribution in [0.25, 0.3) is 0 Å². The van der Waals surface area contributed by atoms with Gasteiger partial charge < -0.3 is 10.6 Å². The fourth-order valence-electron chi connectivity index (χ4n) is 2.53. The number of carbonyl (C=O) groups excluding carboxylic acids is 2. The molecule has 0 atom stereocenters. The SMILES string of the molecule is Cc1ccc(CNC(=O)c2ccccc2NC(=O)CSc2ccccn2)cc1. The number of carbonyl (C=O) groups is 2. The van der Waals surface area contributed by atoms with Gasteiger partial charge in [-0.3, -0.25) is 9.59 Å². The van der Waals surface area contributed by atoms with Gasteiger partial charge in [0.25, 0.3) is 5.91 Å². The van der Waals surface area contributed by atoms with Crippen LogP contribution in [0.2, 0.25) is 0 Å². The fraction of sp³-hybridized carbons (Fsp3) is 0.136. The second kappa shape index (κ2) is 9.71. The molecule has 142 valence electrons. The van der Waals surface area contributed by atoms with Crippen LogP contribution in [0.3, 0.4) is 0 Å². The Morgan fingerprint density at radius 3 is 2.46 bits per heavy atom. The number of pyridine rings is 1. The Bertz CT molecular complexity index is 944. The van der Waals surface area contributed by atoms with Gasteiger partial charge in [0, 0.05) is 12.7 Å². The number of aryl methyl sites for hydroxylation is 1. The van der Waals surface area contributed by atoms with Gasteiger partial charge in [-0.1, -0.05) is 59.8 Å². The third kappa shape index (κ3) is 5.69. The molecule has 1 aromatic heterocycles. The van der Waals surface area contributed by atoms with Crippen LogP contribution >= 0.6 is 11.8 Å². The molecule has 2 N–H and O–H groups in total. The first-order chi connectivity index (χ1) is 13.6. The lowest BCUT2D eigenvalue weighted by atomic mass is 10.1. The third-order valence-electron chi connectivity index (χ3n) is 4.01. The van der Waals surface area contributed by atoms with Gasteiger partial charge in [0.2, 0.25) is 5.91 Å². The van der Waals surface area contributed by atoms with E-state index in [2.05, 4.69) is 15.6 Å². The first kappa shape index (κ1) is 19.6. The van der Waals surface area contributed by atoms with Gasteiger partial charge in [-0.2, -0.15) is 0 Å². The number of para-hydroxylation sites is 1. The van der Waals surface area contributed by atoms with Crippen LogP contribution in [-0.4, -0.2) is 22.6 Å². The number of nitrogens with one attached hydrogen (secondary N) is 2. The van der Waals surface area contributed by atoms with Gasteiger partial charge in [-0.05, 0) is 36.8 Å². The molecule has 2 amide bonds. The van der Waals surface area contributed by atoms with E-state index in [0.717, 1.165) is 10.6 Å². The summed E-state index contributed by atoms with van der Waals surface area (Å²) in [5, 5.41) is 6.50. The first-order valence-electron chi connectivity index (χ1n) is 8.88. The summed E-state index contributed by atoms with van der Waals surface area (Å²) >= 11 is 1.35. The molecule has 1 heterocycles. The topological polar surface area (TPSA) is 71.1 Å². The van der Waals surface area contributed by atoms with Crippen molar-refractivity contribution in [2.75, 3.05) is 11.1 Å². The minimum Gasteiger partial charge on any atom is -0.348 e. The second-order valence-electron chi connectivity index (χ2n) is 6.22. The molecular formula is C22H21N3O2S. The van der Waals surface area contributed by atoms with Gasteiger partial charge in [0.05, 0.1) is 22.0 Å². The molecule has 0 spiro atoms. The van der Waals surface area contributed by atoms with Crippen molar-refractivity contribution in [2.45, 2.75) is 18.5 Å². The molecule has 0 bridgehead atoms. The maximum Gasteiger partial charge on any atom is 0.253 e. The highest BCUT2D eigenvalue weighted by Gasteiger charge is 2.13. The number of hydrogen-bond acceptors (Lipinski definition) is 4. The van der Waals surface area contributed by atoms with Crippen molar-refractivity contribution in [3.63, 3.8) is 0 Å². The molecular weight excluding hydrogens is 370 g/mol. The molecule has 0 aliphatic heterocycles. The predicted molar refractivity (Wildman–Crippen MR) is 112 cm³/mol. The summed E-state index contributed by atoms with van der Waals surface area (Å²) in [4.78, 5) is 29.1. The summed E-state index contributed by atoms with van der Waals surface area (Å²) in [6.07, 6.45) is 1.69. The quantitative estimate of drug-likeness (QED) is 0.596. The van der Waals surface area contributed by atoms with E-state index in [9.17, 15) is 9.59 Å². The molecule has 0 saturated carbocycles. The van der Waals surface area contributed by atoms with Crippen molar-refractivity contribution in [3.05, 3.63) is 89.6 Å². The molecule has 3 rings (SSSR count). The largest absolute Gasteiger partial charge is 0.348 e. The van der Waals surface area contributed by atoms with Crippen LogP contribution < -0.4 is 10.6 Å². The van der Waals surface area contributed by atoms with E-state index >= 15 is 0 Å². The standard InChI is InChI=1S/C22H21N3O2S/c1-16-9-11-17(12-10-16)14-24-22(27)18-6-2-3-7-19(18)25-20(26)15-28-21-8-4-5-13-23-21/h2-13H,14-15H2,1H3,(H,24,27)(H,25,26). The van der Waals surface area contributed by atoms with Gasteiger partial charge in [0.15, 0.2) is 0 Å². The van der Waals surface area contributed by atoms with Gasteiger partial charge in [0.1, 0.15) is 0 Å². The van der Waals surface area contributed by atoms with E-state index < -0.39 is 0 Å². The number of aromatic nitrogens is 1. The molecule has 2 aromatic carbocycles. The zero-order chi connectivity index (χ0) is 19.8. The lowest BCUT2D eigenvalue weighted by Gasteiger charge is -2.11. The molecule has 0 aliphatic rings. The molecule has 0 fully saturated rings. The van der Waals surface area contributed by atoms with Crippen LogP contribution in [0.4, 0.5) is 5.69 Å². The molecule has 0 saturated heterocycles. The van der Waals surface area contributed by atoms with Gasteiger partial charge in [-0.15, -0.1) is 0 Å². The minimum atomic E-state index is -0.228. The Kier molecular flexibility index (Phi) is 6.81. The number of benzene rings is 2. The van der Waals surface area contributed by atoms with E-state index in [4.69, 9.17) is 0 Å². The Morgan fingerprint density at radius 1 is 0.964 bits per heavy atom. The monoisotopic (exact) mass is 391 g/mol. The molecule has 0 unspecified atom stereocenters. The number of amides is 2. The smallest absolute Gasteiger partial charge is 0.253 e. The Labute approximate surface area is 168 Å². The van der Waals surface area contributed by atoms with Crippen molar-refractivity contribution >= 4 is 29.3 Å². The molecule has 3 aromatic rings. The summed E-state index contributed by atoms with van der Waals surface area (Å²) < 4.78 is 0. The van der Waals surface area contributed by atoms with E-state index in [-0.39, 0.29) is 17.6 Å². The molecule has 5 nitrogen and oxygen atoms in total. The van der Waals surface area contributed by atoms with Crippen LogP contribution in [0, 0.1) is 6.92 Å². The van der Waals surface area contributed by atoms with Crippen LogP contribution in [0.1, 0.15) is 21.5 Å². The summed E-state index contributed by atoms with van der Waals surface area (Å²) in [6.45, 7) is 2.45. The van der Waals surface area contributed by atoms with Crippen molar-refractivity contribution in [2.24, 2.45) is 0 Å². The third-order valence-corrected chi connectivity index (χ3v) is 4.95. The Morgan fingerprint density at radius 2 is 1.71 bits per heavy atom.